The van der Waals surface area contributed by atoms with Crippen LogP contribution in [0.15, 0.2) is 64.0 Å². The Bertz CT molecular complexity index is 989. The zero-order chi connectivity index (χ0) is 23.8. The third-order valence-electron chi connectivity index (χ3n) is 5.47. The first-order valence-corrected chi connectivity index (χ1v) is 13.2. The van der Waals surface area contributed by atoms with Crippen LogP contribution in [0.3, 0.4) is 0 Å². The van der Waals surface area contributed by atoms with Gasteiger partial charge in [0.1, 0.15) is 6.61 Å². The Kier molecular flexibility index (Phi) is 9.31. The van der Waals surface area contributed by atoms with Crippen molar-refractivity contribution >= 4 is 32.1 Å². The molecule has 1 heterocycles. The van der Waals surface area contributed by atoms with Gasteiger partial charge in [-0.3, -0.25) is 4.18 Å². The molecule has 0 aliphatic carbocycles. The van der Waals surface area contributed by atoms with E-state index in [9.17, 15) is 13.2 Å². The molecular formula is C24H30BrNO6S. The van der Waals surface area contributed by atoms with Crippen LogP contribution < -0.4 is 5.32 Å². The van der Waals surface area contributed by atoms with Gasteiger partial charge in [0, 0.05) is 4.47 Å². The Hall–Kier alpha value is -1.94. The third kappa shape index (κ3) is 8.41. The molecule has 0 aromatic heterocycles. The van der Waals surface area contributed by atoms with Crippen molar-refractivity contribution in [1.82, 2.24) is 5.32 Å². The molecule has 7 nitrogen and oxygen atoms in total. The quantitative estimate of drug-likeness (QED) is 0.448. The van der Waals surface area contributed by atoms with Crippen molar-refractivity contribution in [2.24, 2.45) is 5.92 Å². The smallest absolute Gasteiger partial charge is 0.407 e. The van der Waals surface area contributed by atoms with E-state index in [0.717, 1.165) is 22.9 Å². The molecule has 3 atom stereocenters. The number of halogens is 1. The van der Waals surface area contributed by atoms with E-state index in [0.29, 0.717) is 6.42 Å². The molecule has 33 heavy (non-hydrogen) atoms. The minimum absolute atomic E-state index is 0.0596. The molecule has 9 heteroatoms. The van der Waals surface area contributed by atoms with Crippen LogP contribution in [0.2, 0.25) is 0 Å². The normalized spacial score (nSPS) is 21.8. The van der Waals surface area contributed by atoms with Gasteiger partial charge in [0.2, 0.25) is 0 Å². The number of alkyl carbamates (subject to hydrolysis) is 1. The van der Waals surface area contributed by atoms with Gasteiger partial charge in [0.25, 0.3) is 10.1 Å². The molecule has 2 aromatic rings. The van der Waals surface area contributed by atoms with Crippen molar-refractivity contribution in [2.75, 3.05) is 6.61 Å². The fraction of sp³-hybridized carbons (Fsp3) is 0.458. The number of carbonyl (C=O) groups is 1. The molecule has 180 valence electrons. The Morgan fingerprint density at radius 2 is 1.73 bits per heavy atom. The highest BCUT2D eigenvalue weighted by molar-refractivity contribution is 9.10. The van der Waals surface area contributed by atoms with Crippen molar-refractivity contribution in [3.05, 3.63) is 64.6 Å². The van der Waals surface area contributed by atoms with Crippen LogP contribution in [0.1, 0.15) is 38.7 Å². The van der Waals surface area contributed by atoms with Gasteiger partial charge in [-0.25, -0.2) is 4.79 Å². The molecule has 2 unspecified atom stereocenters. The fourth-order valence-corrected chi connectivity index (χ4v) is 5.29. The predicted octanol–water partition coefficient (Wildman–Crippen LogP) is 5.04. The maximum absolute atomic E-state index is 12.6. The summed E-state index contributed by atoms with van der Waals surface area (Å²) < 4.78 is 42.5. The van der Waals surface area contributed by atoms with Gasteiger partial charge in [0.05, 0.1) is 29.8 Å². The van der Waals surface area contributed by atoms with Gasteiger partial charge in [-0.1, -0.05) is 46.3 Å². The van der Waals surface area contributed by atoms with E-state index in [4.69, 9.17) is 13.7 Å². The lowest BCUT2D eigenvalue weighted by Crippen LogP contribution is -2.42. The molecular weight excluding hydrogens is 510 g/mol. The van der Waals surface area contributed by atoms with Crippen LogP contribution >= 0.6 is 15.9 Å². The average molecular weight is 540 g/mol. The average Bonchev–Trinajstić information content (AvgIpc) is 2.76. The number of hydrogen-bond acceptors (Lipinski definition) is 6. The Labute approximate surface area is 204 Å². The maximum Gasteiger partial charge on any atom is 0.407 e. The highest BCUT2D eigenvalue weighted by Gasteiger charge is 2.29. The second-order valence-electron chi connectivity index (χ2n) is 8.43. The molecule has 0 bridgehead atoms. The van der Waals surface area contributed by atoms with E-state index in [2.05, 4.69) is 21.2 Å². The summed E-state index contributed by atoms with van der Waals surface area (Å²) in [6, 6.07) is 15.0. The molecule has 1 N–H and O–H groups in total. The minimum Gasteiger partial charge on any atom is -0.445 e. The first-order valence-electron chi connectivity index (χ1n) is 11.0. The summed E-state index contributed by atoms with van der Waals surface area (Å²) in [6.07, 6.45) is 1.84. The minimum atomic E-state index is -3.96. The fourth-order valence-electron chi connectivity index (χ4n) is 4.08. The molecule has 1 saturated heterocycles. The Morgan fingerprint density at radius 1 is 1.09 bits per heavy atom. The second-order valence-corrected chi connectivity index (χ2v) is 11.0. The lowest BCUT2D eigenvalue weighted by Gasteiger charge is -2.34. The van der Waals surface area contributed by atoms with Crippen molar-refractivity contribution < 1.29 is 26.9 Å². The summed E-state index contributed by atoms with van der Waals surface area (Å²) in [5.74, 6) is 0.266. The number of benzene rings is 2. The molecule has 2 aromatic carbocycles. The van der Waals surface area contributed by atoms with Crippen LogP contribution in [0.5, 0.6) is 0 Å². The lowest BCUT2D eigenvalue weighted by atomic mass is 9.87. The van der Waals surface area contributed by atoms with Crippen LogP contribution in [0.4, 0.5) is 4.79 Å². The van der Waals surface area contributed by atoms with Gasteiger partial charge in [-0.15, -0.1) is 0 Å². The zero-order valence-corrected chi connectivity index (χ0v) is 21.2. The molecule has 1 aliphatic heterocycles. The number of carbonyl (C=O) groups excluding carboxylic acids is 1. The molecule has 0 radical (unpaired) electrons. The summed E-state index contributed by atoms with van der Waals surface area (Å²) in [5.41, 5.74) is 0.866. The monoisotopic (exact) mass is 539 g/mol. The second kappa shape index (κ2) is 12.0. The van der Waals surface area contributed by atoms with Gasteiger partial charge in [0.15, 0.2) is 0 Å². The topological polar surface area (TPSA) is 90.9 Å². The van der Waals surface area contributed by atoms with E-state index in [1.165, 1.54) is 12.1 Å². The number of amides is 1. The van der Waals surface area contributed by atoms with Gasteiger partial charge in [-0.2, -0.15) is 8.42 Å². The van der Waals surface area contributed by atoms with Crippen molar-refractivity contribution in [3.63, 3.8) is 0 Å². The third-order valence-corrected chi connectivity index (χ3v) is 7.30. The first kappa shape index (κ1) is 25.7. The van der Waals surface area contributed by atoms with E-state index in [1.807, 2.05) is 44.2 Å². The van der Waals surface area contributed by atoms with E-state index >= 15 is 0 Å². The number of rotatable bonds is 9. The van der Waals surface area contributed by atoms with Crippen LogP contribution in [-0.2, 0) is 30.4 Å². The van der Waals surface area contributed by atoms with Crippen molar-refractivity contribution in [2.45, 2.75) is 62.9 Å². The van der Waals surface area contributed by atoms with Gasteiger partial charge < -0.3 is 14.8 Å². The van der Waals surface area contributed by atoms with Crippen LogP contribution in [0.25, 0.3) is 0 Å². The summed E-state index contributed by atoms with van der Waals surface area (Å²) in [6.45, 7) is 3.99. The van der Waals surface area contributed by atoms with Gasteiger partial charge in [-0.05, 0) is 68.9 Å². The molecule has 1 amide bonds. The van der Waals surface area contributed by atoms with Gasteiger partial charge >= 0.3 is 6.09 Å². The van der Waals surface area contributed by atoms with E-state index < -0.39 is 22.3 Å². The molecule has 1 fully saturated rings. The standard InChI is InChI=1S/C24H30BrNO6S/c1-17-12-20(13-18(2)32-17)14-22(26-24(27)30-15-19-6-4-3-5-7-19)16-31-33(28,29)23-10-8-21(25)9-11-23/h3-11,17-18,20,22H,12-16H2,1-2H3,(H,26,27)/t17?,18?,20?,22-/m1/s1. The molecule has 3 rings (SSSR count). The molecule has 0 spiro atoms. The van der Waals surface area contributed by atoms with E-state index in [-0.39, 0.29) is 36.2 Å². The number of ether oxygens (including phenoxy) is 2. The predicted molar refractivity (Wildman–Crippen MR) is 128 cm³/mol. The first-order chi connectivity index (χ1) is 15.7. The molecule has 1 aliphatic rings. The van der Waals surface area contributed by atoms with Crippen molar-refractivity contribution in [1.29, 1.82) is 0 Å². The number of hydrogen-bond donors (Lipinski definition) is 1. The van der Waals surface area contributed by atoms with E-state index in [1.54, 1.807) is 12.1 Å². The van der Waals surface area contributed by atoms with Crippen molar-refractivity contribution in [3.8, 4) is 0 Å². The lowest BCUT2D eigenvalue weighted by molar-refractivity contribution is -0.0554. The zero-order valence-electron chi connectivity index (χ0n) is 18.8. The summed E-state index contributed by atoms with van der Waals surface area (Å²) in [5, 5.41) is 2.80. The maximum atomic E-state index is 12.6. The largest absolute Gasteiger partial charge is 0.445 e. The summed E-state index contributed by atoms with van der Waals surface area (Å²) in [7, 11) is -3.96. The summed E-state index contributed by atoms with van der Waals surface area (Å²) >= 11 is 3.29. The highest BCUT2D eigenvalue weighted by atomic mass is 79.9. The summed E-state index contributed by atoms with van der Waals surface area (Å²) in [4.78, 5) is 12.5. The SMILES string of the molecule is CC1CC(C[C@H](COS(=O)(=O)c2ccc(Br)cc2)NC(=O)OCc2ccccc2)CC(C)O1. The number of nitrogens with one attached hydrogen (secondary N) is 1. The molecule has 0 saturated carbocycles. The van der Waals surface area contributed by atoms with Crippen LogP contribution in [0, 0.1) is 5.92 Å². The Balaban J connectivity index is 1.63. The Morgan fingerprint density at radius 3 is 2.36 bits per heavy atom. The van der Waals surface area contributed by atoms with Crippen LogP contribution in [-0.4, -0.2) is 39.4 Å². The highest BCUT2D eigenvalue weighted by Crippen LogP contribution is 2.28.